The molecule has 0 saturated carbocycles. The maximum absolute atomic E-state index is 12.5. The summed E-state index contributed by atoms with van der Waals surface area (Å²) < 4.78 is 12.5. The van der Waals surface area contributed by atoms with Gasteiger partial charge in [-0.1, -0.05) is 49.4 Å². The molecule has 2 aromatic carbocycles. The fraction of sp³-hybridized carbons (Fsp3) is 0.435. The number of hydrogen-bond acceptors (Lipinski definition) is 3. The van der Waals surface area contributed by atoms with Crippen molar-refractivity contribution < 1.29 is 9.00 Å². The molecule has 150 valence electrons. The van der Waals surface area contributed by atoms with Crippen LogP contribution in [0.5, 0.6) is 0 Å². The molecule has 0 spiro atoms. The highest BCUT2D eigenvalue weighted by Crippen LogP contribution is 2.25. The number of benzene rings is 2. The monoisotopic (exact) mass is 398 g/mol. The fourth-order valence-corrected chi connectivity index (χ4v) is 5.04. The third-order valence-corrected chi connectivity index (χ3v) is 6.72. The number of nitrogens with one attached hydrogen (secondary N) is 2. The summed E-state index contributed by atoms with van der Waals surface area (Å²) in [6.45, 7) is 4.29. The van der Waals surface area contributed by atoms with Crippen molar-refractivity contribution in [1.82, 2.24) is 5.32 Å². The van der Waals surface area contributed by atoms with Gasteiger partial charge in [-0.25, -0.2) is 0 Å². The van der Waals surface area contributed by atoms with Crippen LogP contribution in [0.3, 0.4) is 0 Å². The quantitative estimate of drug-likeness (QED) is 0.704. The summed E-state index contributed by atoms with van der Waals surface area (Å²) >= 11 is 0. The minimum atomic E-state index is -0.974. The van der Waals surface area contributed by atoms with Crippen molar-refractivity contribution >= 4 is 22.4 Å². The van der Waals surface area contributed by atoms with Crippen LogP contribution in [-0.4, -0.2) is 23.2 Å². The Kier molecular flexibility index (Phi) is 7.80. The van der Waals surface area contributed by atoms with Gasteiger partial charge in [-0.2, -0.15) is 0 Å². The molecular formula is C23H30N2O2S. The third kappa shape index (κ3) is 6.57. The van der Waals surface area contributed by atoms with Gasteiger partial charge in [-0.3, -0.25) is 9.00 Å². The number of carbonyl (C=O) groups excluding carboxylic acids is 1. The molecule has 2 aromatic rings. The molecule has 1 fully saturated rings. The fourth-order valence-electron chi connectivity index (χ4n) is 3.82. The first-order valence-corrected chi connectivity index (χ1v) is 11.6. The number of piperidine rings is 1. The van der Waals surface area contributed by atoms with Crippen molar-refractivity contribution in [2.24, 2.45) is 11.8 Å². The zero-order valence-electron chi connectivity index (χ0n) is 16.5. The summed E-state index contributed by atoms with van der Waals surface area (Å²) in [5.41, 5.74) is 2.85. The molecule has 1 aliphatic heterocycles. The van der Waals surface area contributed by atoms with Gasteiger partial charge in [-0.05, 0) is 61.0 Å². The zero-order chi connectivity index (χ0) is 19.8. The van der Waals surface area contributed by atoms with E-state index in [1.807, 2.05) is 54.6 Å². The van der Waals surface area contributed by atoms with E-state index < -0.39 is 10.8 Å². The second-order valence-electron chi connectivity index (χ2n) is 7.73. The van der Waals surface area contributed by atoms with Crippen LogP contribution in [0, 0.1) is 11.8 Å². The molecule has 4 nitrogen and oxygen atoms in total. The van der Waals surface area contributed by atoms with Crippen LogP contribution >= 0.6 is 0 Å². The average Bonchev–Trinajstić information content (AvgIpc) is 2.69. The molecule has 5 heteroatoms. The van der Waals surface area contributed by atoms with E-state index in [1.165, 1.54) is 0 Å². The molecule has 1 aliphatic rings. The smallest absolute Gasteiger partial charge is 0.224 e. The van der Waals surface area contributed by atoms with Gasteiger partial charge in [0, 0.05) is 34.4 Å². The molecule has 0 aromatic heterocycles. The van der Waals surface area contributed by atoms with Gasteiger partial charge in [0.05, 0.1) is 0 Å². The highest BCUT2D eigenvalue weighted by molar-refractivity contribution is 7.83. The van der Waals surface area contributed by atoms with Gasteiger partial charge in [-0.15, -0.1) is 0 Å². The average molecular weight is 399 g/mol. The minimum Gasteiger partial charge on any atom is -0.326 e. The van der Waals surface area contributed by atoms with Crippen LogP contribution in [-0.2, 0) is 27.1 Å². The molecule has 0 aliphatic carbocycles. The molecule has 2 N–H and O–H groups in total. The first-order valence-electron chi connectivity index (χ1n) is 10.1. The lowest BCUT2D eigenvalue weighted by Gasteiger charge is -2.27. The summed E-state index contributed by atoms with van der Waals surface area (Å²) in [7, 11) is -0.974. The Labute approximate surface area is 170 Å². The first kappa shape index (κ1) is 20.7. The summed E-state index contributed by atoms with van der Waals surface area (Å²) in [5, 5.41) is 6.40. The predicted molar refractivity (Wildman–Crippen MR) is 116 cm³/mol. The van der Waals surface area contributed by atoms with Crippen LogP contribution in [0.15, 0.2) is 54.6 Å². The number of rotatable bonds is 8. The molecule has 1 heterocycles. The van der Waals surface area contributed by atoms with E-state index in [1.54, 1.807) is 0 Å². The van der Waals surface area contributed by atoms with E-state index in [0.717, 1.165) is 42.7 Å². The summed E-state index contributed by atoms with van der Waals surface area (Å²) in [4.78, 5) is 12.5. The predicted octanol–water partition coefficient (Wildman–Crippen LogP) is 4.10. The second kappa shape index (κ2) is 10.5. The van der Waals surface area contributed by atoms with Crippen LogP contribution in [0.1, 0.15) is 37.3 Å². The van der Waals surface area contributed by atoms with Crippen LogP contribution < -0.4 is 10.6 Å². The Morgan fingerprint density at radius 3 is 2.50 bits per heavy atom. The molecule has 2 atom stereocenters. The van der Waals surface area contributed by atoms with Gasteiger partial charge < -0.3 is 10.6 Å². The van der Waals surface area contributed by atoms with Crippen molar-refractivity contribution in [2.45, 2.75) is 37.7 Å². The van der Waals surface area contributed by atoms with Crippen LogP contribution in [0.4, 0.5) is 5.69 Å². The lowest BCUT2D eigenvalue weighted by Crippen LogP contribution is -2.32. The van der Waals surface area contributed by atoms with Gasteiger partial charge in [0.15, 0.2) is 0 Å². The summed E-state index contributed by atoms with van der Waals surface area (Å²) in [6.07, 6.45) is 2.85. The minimum absolute atomic E-state index is 0.0635. The SMILES string of the molecule is CC(CC(=O)Nc1cccc(CS(=O)Cc2ccccc2)c1)C1CCNCC1. The third-order valence-electron chi connectivity index (χ3n) is 5.40. The van der Waals surface area contributed by atoms with Gasteiger partial charge >= 0.3 is 0 Å². The molecule has 0 bridgehead atoms. The van der Waals surface area contributed by atoms with E-state index in [9.17, 15) is 9.00 Å². The second-order valence-corrected chi connectivity index (χ2v) is 9.19. The van der Waals surface area contributed by atoms with Gasteiger partial charge in [0.1, 0.15) is 0 Å². The van der Waals surface area contributed by atoms with E-state index in [4.69, 9.17) is 0 Å². The maximum atomic E-state index is 12.5. The lowest BCUT2D eigenvalue weighted by molar-refractivity contribution is -0.117. The molecule has 1 saturated heterocycles. The molecule has 3 rings (SSSR count). The Morgan fingerprint density at radius 1 is 1.07 bits per heavy atom. The molecule has 28 heavy (non-hydrogen) atoms. The molecular weight excluding hydrogens is 368 g/mol. The van der Waals surface area contributed by atoms with E-state index >= 15 is 0 Å². The zero-order valence-corrected chi connectivity index (χ0v) is 17.3. The number of hydrogen-bond donors (Lipinski definition) is 2. The van der Waals surface area contributed by atoms with E-state index in [2.05, 4.69) is 17.6 Å². The number of amides is 1. The molecule has 1 amide bonds. The van der Waals surface area contributed by atoms with Gasteiger partial charge in [0.25, 0.3) is 0 Å². The largest absolute Gasteiger partial charge is 0.326 e. The van der Waals surface area contributed by atoms with Crippen molar-refractivity contribution in [3.8, 4) is 0 Å². The molecule has 2 unspecified atom stereocenters. The Morgan fingerprint density at radius 2 is 1.75 bits per heavy atom. The van der Waals surface area contributed by atoms with Crippen molar-refractivity contribution in [3.63, 3.8) is 0 Å². The molecule has 0 radical (unpaired) electrons. The first-order chi connectivity index (χ1) is 13.6. The number of carbonyl (C=O) groups is 1. The van der Waals surface area contributed by atoms with Crippen LogP contribution in [0.2, 0.25) is 0 Å². The summed E-state index contributed by atoms with van der Waals surface area (Å²) in [6, 6.07) is 17.6. The summed E-state index contributed by atoms with van der Waals surface area (Å²) in [5.74, 6) is 2.12. The maximum Gasteiger partial charge on any atom is 0.224 e. The van der Waals surface area contributed by atoms with Crippen molar-refractivity contribution in [2.75, 3.05) is 18.4 Å². The highest BCUT2D eigenvalue weighted by atomic mass is 32.2. The van der Waals surface area contributed by atoms with Gasteiger partial charge in [0.2, 0.25) is 5.91 Å². The Bertz CT molecular complexity index is 788. The van der Waals surface area contributed by atoms with E-state index in [-0.39, 0.29) is 5.91 Å². The highest BCUT2D eigenvalue weighted by Gasteiger charge is 2.22. The van der Waals surface area contributed by atoms with E-state index in [0.29, 0.717) is 29.8 Å². The Hall–Kier alpha value is -1.98. The normalized spacial score (nSPS) is 17.0. The Balaban J connectivity index is 1.51. The van der Waals surface area contributed by atoms with Crippen molar-refractivity contribution in [3.05, 3.63) is 65.7 Å². The van der Waals surface area contributed by atoms with Crippen LogP contribution in [0.25, 0.3) is 0 Å². The van der Waals surface area contributed by atoms with Crippen molar-refractivity contribution in [1.29, 1.82) is 0 Å². The number of anilines is 1. The topological polar surface area (TPSA) is 58.2 Å². The standard InChI is InChI=1S/C23H30N2O2S/c1-18(21-10-12-24-13-11-21)14-23(26)25-22-9-5-8-20(15-22)17-28(27)16-19-6-3-2-4-7-19/h2-9,15,18,21,24H,10-14,16-17H2,1H3,(H,25,26). The lowest BCUT2D eigenvalue weighted by atomic mass is 9.84.